The molecular weight excluding hydrogens is 206 g/mol. The van der Waals surface area contributed by atoms with E-state index in [4.69, 9.17) is 5.73 Å². The maximum Gasteiger partial charge on any atom is 0.0898 e. The lowest BCUT2D eigenvalue weighted by Gasteiger charge is -2.04. The Kier molecular flexibility index (Phi) is 2.87. The van der Waals surface area contributed by atoms with Crippen molar-refractivity contribution in [2.24, 2.45) is 0 Å². The van der Waals surface area contributed by atoms with E-state index in [-0.39, 0.29) is 0 Å². The average Bonchev–Trinajstić information content (AvgIpc) is 2.64. The lowest BCUT2D eigenvalue weighted by molar-refractivity contribution is 1.05. The SMILES string of the molecule is Cc1nc(CNc2ccc(N)cc2)cs1. The van der Waals surface area contributed by atoms with E-state index in [9.17, 15) is 0 Å². The van der Waals surface area contributed by atoms with Crippen LogP contribution in [-0.4, -0.2) is 4.98 Å². The van der Waals surface area contributed by atoms with Gasteiger partial charge in [0, 0.05) is 16.8 Å². The molecule has 1 aromatic carbocycles. The fourth-order valence-electron chi connectivity index (χ4n) is 1.28. The molecule has 0 bridgehead atoms. The molecule has 78 valence electrons. The summed E-state index contributed by atoms with van der Waals surface area (Å²) in [4.78, 5) is 4.37. The minimum atomic E-state index is 0.758. The second-order valence-electron chi connectivity index (χ2n) is 3.33. The van der Waals surface area contributed by atoms with Crippen molar-refractivity contribution in [3.8, 4) is 0 Å². The van der Waals surface area contributed by atoms with Crippen molar-refractivity contribution in [3.63, 3.8) is 0 Å². The van der Waals surface area contributed by atoms with Gasteiger partial charge in [-0.05, 0) is 31.2 Å². The zero-order valence-electron chi connectivity index (χ0n) is 8.53. The fraction of sp³-hybridized carbons (Fsp3) is 0.182. The van der Waals surface area contributed by atoms with Gasteiger partial charge in [-0.2, -0.15) is 0 Å². The monoisotopic (exact) mass is 219 g/mol. The van der Waals surface area contributed by atoms with E-state index in [1.807, 2.05) is 31.2 Å². The molecule has 2 rings (SSSR count). The molecule has 0 amide bonds. The minimum absolute atomic E-state index is 0.758. The lowest BCUT2D eigenvalue weighted by atomic mass is 10.3. The van der Waals surface area contributed by atoms with Gasteiger partial charge in [-0.25, -0.2) is 4.98 Å². The van der Waals surface area contributed by atoms with Crippen molar-refractivity contribution in [3.05, 3.63) is 40.3 Å². The highest BCUT2D eigenvalue weighted by Gasteiger charge is 1.97. The number of hydrogen-bond donors (Lipinski definition) is 2. The van der Waals surface area contributed by atoms with Gasteiger partial charge < -0.3 is 11.1 Å². The fourth-order valence-corrected chi connectivity index (χ4v) is 1.90. The molecule has 0 aliphatic rings. The predicted octanol–water partition coefficient (Wildman–Crippen LogP) is 2.65. The van der Waals surface area contributed by atoms with Gasteiger partial charge in [0.1, 0.15) is 0 Å². The molecule has 0 atom stereocenters. The summed E-state index contributed by atoms with van der Waals surface area (Å²) in [6.07, 6.45) is 0. The van der Waals surface area contributed by atoms with Crippen molar-refractivity contribution in [1.29, 1.82) is 0 Å². The smallest absolute Gasteiger partial charge is 0.0898 e. The van der Waals surface area contributed by atoms with E-state index in [0.29, 0.717) is 0 Å². The number of thiazole rings is 1. The zero-order valence-corrected chi connectivity index (χ0v) is 9.34. The predicted molar refractivity (Wildman–Crippen MR) is 65.0 cm³/mol. The summed E-state index contributed by atoms with van der Waals surface area (Å²) < 4.78 is 0. The molecule has 0 saturated carbocycles. The lowest BCUT2D eigenvalue weighted by Crippen LogP contribution is -1.99. The molecule has 3 N–H and O–H groups in total. The summed E-state index contributed by atoms with van der Waals surface area (Å²) in [6, 6.07) is 7.70. The van der Waals surface area contributed by atoms with Crippen LogP contribution in [0, 0.1) is 6.92 Å². The van der Waals surface area contributed by atoms with E-state index in [0.717, 1.165) is 28.6 Å². The van der Waals surface area contributed by atoms with Crippen LogP contribution in [0.1, 0.15) is 10.7 Å². The maximum absolute atomic E-state index is 5.60. The number of nitrogen functional groups attached to an aromatic ring is 1. The third kappa shape index (κ3) is 2.70. The molecule has 15 heavy (non-hydrogen) atoms. The van der Waals surface area contributed by atoms with E-state index in [1.165, 1.54) is 0 Å². The van der Waals surface area contributed by atoms with Crippen molar-refractivity contribution < 1.29 is 0 Å². The van der Waals surface area contributed by atoms with E-state index in [2.05, 4.69) is 15.7 Å². The molecule has 0 saturated heterocycles. The number of nitrogens with zero attached hydrogens (tertiary/aromatic N) is 1. The molecule has 0 spiro atoms. The van der Waals surface area contributed by atoms with Crippen molar-refractivity contribution in [2.75, 3.05) is 11.1 Å². The molecule has 1 aromatic heterocycles. The first kappa shape index (κ1) is 9.98. The first-order valence-corrected chi connectivity index (χ1v) is 5.62. The van der Waals surface area contributed by atoms with Gasteiger partial charge in [-0.3, -0.25) is 0 Å². The first-order valence-electron chi connectivity index (χ1n) is 4.74. The Labute approximate surface area is 93.0 Å². The number of aromatic nitrogens is 1. The Morgan fingerprint density at radius 3 is 2.67 bits per heavy atom. The molecule has 4 heteroatoms. The molecule has 0 radical (unpaired) electrons. The Balaban J connectivity index is 1.96. The van der Waals surface area contributed by atoms with E-state index < -0.39 is 0 Å². The summed E-state index contributed by atoms with van der Waals surface area (Å²) in [5.41, 5.74) is 8.52. The van der Waals surface area contributed by atoms with Crippen LogP contribution < -0.4 is 11.1 Å². The van der Waals surface area contributed by atoms with Gasteiger partial charge in [-0.15, -0.1) is 11.3 Å². The molecule has 0 unspecified atom stereocenters. The van der Waals surface area contributed by atoms with Crippen LogP contribution in [0.5, 0.6) is 0 Å². The Bertz CT molecular complexity index is 433. The number of hydrogen-bond acceptors (Lipinski definition) is 4. The number of aryl methyl sites for hydroxylation is 1. The Hall–Kier alpha value is -1.55. The maximum atomic E-state index is 5.60. The summed E-state index contributed by atoms with van der Waals surface area (Å²) in [6.45, 7) is 2.77. The average molecular weight is 219 g/mol. The third-order valence-electron chi connectivity index (χ3n) is 2.05. The summed E-state index contributed by atoms with van der Waals surface area (Å²) >= 11 is 1.67. The van der Waals surface area contributed by atoms with Crippen LogP contribution in [0.2, 0.25) is 0 Å². The molecule has 1 heterocycles. The number of anilines is 2. The minimum Gasteiger partial charge on any atom is -0.399 e. The number of rotatable bonds is 3. The highest BCUT2D eigenvalue weighted by atomic mass is 32.1. The molecular formula is C11H13N3S. The van der Waals surface area contributed by atoms with Gasteiger partial charge in [0.05, 0.1) is 17.2 Å². The normalized spacial score (nSPS) is 10.2. The van der Waals surface area contributed by atoms with Crippen molar-refractivity contribution in [2.45, 2.75) is 13.5 Å². The van der Waals surface area contributed by atoms with Gasteiger partial charge >= 0.3 is 0 Å². The van der Waals surface area contributed by atoms with Gasteiger partial charge in [0.15, 0.2) is 0 Å². The largest absolute Gasteiger partial charge is 0.399 e. The summed E-state index contributed by atoms with van der Waals surface area (Å²) in [5, 5.41) is 6.46. The van der Waals surface area contributed by atoms with E-state index >= 15 is 0 Å². The number of nitrogens with one attached hydrogen (secondary N) is 1. The van der Waals surface area contributed by atoms with Crippen LogP contribution >= 0.6 is 11.3 Å². The molecule has 0 aliphatic heterocycles. The molecule has 3 nitrogen and oxygen atoms in total. The van der Waals surface area contributed by atoms with Gasteiger partial charge in [-0.1, -0.05) is 0 Å². The zero-order chi connectivity index (χ0) is 10.7. The Morgan fingerprint density at radius 1 is 1.33 bits per heavy atom. The molecule has 2 aromatic rings. The molecule has 0 aliphatic carbocycles. The Morgan fingerprint density at radius 2 is 2.07 bits per heavy atom. The second kappa shape index (κ2) is 4.31. The van der Waals surface area contributed by atoms with Crippen LogP contribution in [0.4, 0.5) is 11.4 Å². The van der Waals surface area contributed by atoms with Crippen LogP contribution in [0.15, 0.2) is 29.6 Å². The topological polar surface area (TPSA) is 50.9 Å². The van der Waals surface area contributed by atoms with Crippen molar-refractivity contribution >= 4 is 22.7 Å². The first-order chi connectivity index (χ1) is 7.24. The van der Waals surface area contributed by atoms with Gasteiger partial charge in [0.25, 0.3) is 0 Å². The van der Waals surface area contributed by atoms with Crippen LogP contribution in [0.3, 0.4) is 0 Å². The van der Waals surface area contributed by atoms with Crippen LogP contribution in [-0.2, 0) is 6.54 Å². The summed E-state index contributed by atoms with van der Waals surface area (Å²) in [5.74, 6) is 0. The van der Waals surface area contributed by atoms with Crippen LogP contribution in [0.25, 0.3) is 0 Å². The molecule has 0 fully saturated rings. The quantitative estimate of drug-likeness (QED) is 0.780. The number of nitrogens with two attached hydrogens (primary N) is 1. The highest BCUT2D eigenvalue weighted by Crippen LogP contribution is 2.13. The second-order valence-corrected chi connectivity index (χ2v) is 4.40. The highest BCUT2D eigenvalue weighted by molar-refractivity contribution is 7.09. The number of benzene rings is 1. The third-order valence-corrected chi connectivity index (χ3v) is 2.87. The van der Waals surface area contributed by atoms with E-state index in [1.54, 1.807) is 11.3 Å². The summed E-state index contributed by atoms with van der Waals surface area (Å²) in [7, 11) is 0. The van der Waals surface area contributed by atoms with Gasteiger partial charge in [0.2, 0.25) is 0 Å². The standard InChI is InChI=1S/C11H13N3S/c1-8-14-11(7-15-8)6-13-10-4-2-9(12)3-5-10/h2-5,7,13H,6,12H2,1H3. The van der Waals surface area contributed by atoms with Crippen molar-refractivity contribution in [1.82, 2.24) is 4.98 Å².